The van der Waals surface area contributed by atoms with Crippen LogP contribution in [0.3, 0.4) is 0 Å². The number of aliphatic carboxylic acids is 1. The van der Waals surface area contributed by atoms with Crippen molar-refractivity contribution in [2.75, 3.05) is 14.2 Å². The number of alkyl halides is 6. The molecule has 0 radical (unpaired) electrons. The van der Waals surface area contributed by atoms with Gasteiger partial charge in [0.1, 0.15) is 13.2 Å². The summed E-state index contributed by atoms with van der Waals surface area (Å²) in [5, 5.41) is 9.98. The molecule has 4 aromatic rings. The van der Waals surface area contributed by atoms with E-state index in [1.54, 1.807) is 81.4 Å². The van der Waals surface area contributed by atoms with E-state index in [-0.39, 0.29) is 31.0 Å². The van der Waals surface area contributed by atoms with E-state index in [4.69, 9.17) is 28.8 Å². The van der Waals surface area contributed by atoms with Crippen LogP contribution in [0.2, 0.25) is 0 Å². The maximum absolute atomic E-state index is 15.1. The molecule has 0 saturated heterocycles. The highest BCUT2D eigenvalue weighted by molar-refractivity contribution is 5.97. The molecule has 0 bridgehead atoms. The number of benzene rings is 4. The summed E-state index contributed by atoms with van der Waals surface area (Å²) in [6.45, 7) is 5.43. The van der Waals surface area contributed by atoms with Crippen molar-refractivity contribution in [1.29, 1.82) is 0 Å². The highest BCUT2D eigenvalue weighted by atomic mass is 19.4. The van der Waals surface area contributed by atoms with Crippen molar-refractivity contribution in [3.05, 3.63) is 106 Å². The second kappa shape index (κ2) is 17.9. The van der Waals surface area contributed by atoms with Crippen molar-refractivity contribution in [2.45, 2.75) is 65.2 Å². The molecule has 54 heavy (non-hydrogen) atoms. The lowest BCUT2D eigenvalue weighted by molar-refractivity contribution is -0.139. The van der Waals surface area contributed by atoms with Gasteiger partial charge in [-0.3, -0.25) is 14.4 Å². The van der Waals surface area contributed by atoms with Crippen LogP contribution in [0.25, 0.3) is 11.1 Å². The number of halogens is 6. The number of rotatable bonds is 12. The standard InChI is InChI=1S/C37H35F6NO6.C2H4O2/c1-35(2,3)44-30(46)17-25-32(37(41,42)43)26(19-45)31(34(33(25)48-5)50-21-23-14-10-7-11-15-23)24-16-29(49-20-22-12-8-6-9-13-22)28(47-4)18-27(24)36(38,39)40;1-2(3)4/h6-16,18-19H,17,20-21H2,1-5H3,(H,44,46);1H3,(H,3,4). The number of carboxylic acid groups (broad SMARTS) is 1. The van der Waals surface area contributed by atoms with Crippen molar-refractivity contribution >= 4 is 18.2 Å². The van der Waals surface area contributed by atoms with Crippen LogP contribution in [-0.4, -0.2) is 43.0 Å². The van der Waals surface area contributed by atoms with Gasteiger partial charge in [-0.25, -0.2) is 0 Å². The largest absolute Gasteiger partial charge is 0.493 e. The van der Waals surface area contributed by atoms with Gasteiger partial charge in [-0.1, -0.05) is 60.7 Å². The van der Waals surface area contributed by atoms with E-state index in [9.17, 15) is 22.8 Å². The number of amides is 1. The minimum absolute atomic E-state index is 0.140. The van der Waals surface area contributed by atoms with Crippen LogP contribution in [0.4, 0.5) is 26.3 Å². The van der Waals surface area contributed by atoms with E-state index in [0.29, 0.717) is 17.2 Å². The zero-order chi connectivity index (χ0) is 40.4. The molecular formula is C39H39F6NO8. The number of nitrogens with one attached hydrogen (secondary N) is 1. The van der Waals surface area contributed by atoms with Gasteiger partial charge in [0, 0.05) is 34.7 Å². The molecule has 0 aromatic heterocycles. The molecule has 0 fully saturated rings. The highest BCUT2D eigenvalue weighted by Gasteiger charge is 2.44. The fourth-order valence-electron chi connectivity index (χ4n) is 5.37. The number of aldehydes is 1. The minimum atomic E-state index is -5.34. The summed E-state index contributed by atoms with van der Waals surface area (Å²) < 4.78 is 112. The predicted molar refractivity (Wildman–Crippen MR) is 187 cm³/mol. The number of methoxy groups -OCH3 is 2. The summed E-state index contributed by atoms with van der Waals surface area (Å²) in [7, 11) is 2.10. The number of ether oxygens (including phenoxy) is 4. The molecule has 0 atom stereocenters. The van der Waals surface area contributed by atoms with E-state index in [1.807, 2.05) is 0 Å². The first-order valence-corrected chi connectivity index (χ1v) is 16.1. The third-order valence-corrected chi connectivity index (χ3v) is 7.35. The van der Waals surface area contributed by atoms with Crippen molar-refractivity contribution in [1.82, 2.24) is 5.32 Å². The van der Waals surface area contributed by atoms with Gasteiger partial charge in [0.05, 0.1) is 31.8 Å². The van der Waals surface area contributed by atoms with E-state index >= 15 is 13.2 Å². The number of carboxylic acids is 1. The summed E-state index contributed by atoms with van der Waals surface area (Å²) in [5.74, 6) is -3.61. The minimum Gasteiger partial charge on any atom is -0.493 e. The van der Waals surface area contributed by atoms with E-state index in [0.717, 1.165) is 27.2 Å². The zero-order valence-electron chi connectivity index (χ0n) is 30.2. The molecule has 15 heteroatoms. The zero-order valence-corrected chi connectivity index (χ0v) is 30.2. The van der Waals surface area contributed by atoms with Crippen LogP contribution in [0.15, 0.2) is 72.8 Å². The summed E-state index contributed by atoms with van der Waals surface area (Å²) in [6.07, 6.45) is -11.7. The van der Waals surface area contributed by atoms with Crippen LogP contribution < -0.4 is 24.3 Å². The first-order valence-electron chi connectivity index (χ1n) is 16.1. The van der Waals surface area contributed by atoms with Crippen molar-refractivity contribution in [3.63, 3.8) is 0 Å². The highest BCUT2D eigenvalue weighted by Crippen LogP contribution is 2.54. The van der Waals surface area contributed by atoms with Gasteiger partial charge >= 0.3 is 12.4 Å². The monoisotopic (exact) mass is 763 g/mol. The Morgan fingerprint density at radius 1 is 0.759 bits per heavy atom. The topological polar surface area (TPSA) is 120 Å². The molecule has 4 rings (SSSR count). The normalized spacial score (nSPS) is 11.5. The predicted octanol–water partition coefficient (Wildman–Crippen LogP) is 8.93. The summed E-state index contributed by atoms with van der Waals surface area (Å²) in [6, 6.07) is 18.3. The molecule has 9 nitrogen and oxygen atoms in total. The molecule has 4 aromatic carbocycles. The molecule has 0 heterocycles. The second-order valence-corrected chi connectivity index (χ2v) is 12.7. The average Bonchev–Trinajstić information content (AvgIpc) is 3.07. The Labute approximate surface area is 307 Å². The van der Waals surface area contributed by atoms with E-state index in [1.165, 1.54) is 0 Å². The molecule has 0 aliphatic heterocycles. The summed E-state index contributed by atoms with van der Waals surface area (Å²) >= 11 is 0. The second-order valence-electron chi connectivity index (χ2n) is 12.7. The van der Waals surface area contributed by atoms with Gasteiger partial charge in [0.2, 0.25) is 5.91 Å². The Bertz CT molecular complexity index is 1920. The van der Waals surface area contributed by atoms with Gasteiger partial charge in [0.25, 0.3) is 5.97 Å². The Morgan fingerprint density at radius 3 is 1.70 bits per heavy atom. The van der Waals surface area contributed by atoms with Gasteiger partial charge in [-0.05, 0) is 44.0 Å². The van der Waals surface area contributed by atoms with Gasteiger partial charge in [0.15, 0.2) is 29.3 Å². The Kier molecular flexibility index (Phi) is 14.1. The maximum Gasteiger partial charge on any atom is 0.417 e. The lowest BCUT2D eigenvalue weighted by Gasteiger charge is -2.27. The third-order valence-electron chi connectivity index (χ3n) is 7.35. The van der Waals surface area contributed by atoms with Crippen molar-refractivity contribution < 1.29 is 64.8 Å². The van der Waals surface area contributed by atoms with Gasteiger partial charge < -0.3 is 29.4 Å². The molecule has 0 aliphatic rings. The lowest BCUT2D eigenvalue weighted by Crippen LogP contribution is -2.41. The molecule has 0 saturated carbocycles. The Hall–Kier alpha value is -5.73. The fourth-order valence-corrected chi connectivity index (χ4v) is 5.37. The molecule has 2 N–H and O–H groups in total. The van der Waals surface area contributed by atoms with Crippen LogP contribution in [0.1, 0.15) is 65.9 Å². The SMILES string of the molecule is CC(=O)O.COc1cc(C(F)(F)F)c(-c2c(C=O)c(C(F)(F)F)c(CC(=O)NC(C)(C)C)c(OC)c2OCc2ccccc2)cc1OCc1ccccc1. The van der Waals surface area contributed by atoms with Crippen LogP contribution in [0.5, 0.6) is 23.0 Å². The Balaban J connectivity index is 0.00000186. The molecule has 290 valence electrons. The summed E-state index contributed by atoms with van der Waals surface area (Å²) in [4.78, 5) is 34.9. The lowest BCUT2D eigenvalue weighted by atomic mass is 9.86. The van der Waals surface area contributed by atoms with Crippen LogP contribution in [0, 0.1) is 0 Å². The van der Waals surface area contributed by atoms with E-state index in [2.05, 4.69) is 5.32 Å². The average molecular weight is 764 g/mol. The molecule has 0 spiro atoms. The third kappa shape index (κ3) is 11.4. The number of carbonyl (C=O) groups excluding carboxylic acids is 2. The van der Waals surface area contributed by atoms with Crippen LogP contribution >= 0.6 is 0 Å². The molecule has 1 amide bonds. The Morgan fingerprint density at radius 2 is 1.28 bits per heavy atom. The maximum atomic E-state index is 15.1. The van der Waals surface area contributed by atoms with E-state index < -0.39 is 81.1 Å². The summed E-state index contributed by atoms with van der Waals surface area (Å²) in [5.41, 5.74) is -6.53. The first-order chi connectivity index (χ1) is 25.2. The quantitative estimate of drug-likeness (QED) is 0.108. The van der Waals surface area contributed by atoms with Crippen molar-refractivity contribution in [3.8, 4) is 34.1 Å². The van der Waals surface area contributed by atoms with Crippen LogP contribution in [-0.2, 0) is 41.6 Å². The number of carbonyl (C=O) groups is 3. The van der Waals surface area contributed by atoms with Gasteiger partial charge in [-0.2, -0.15) is 26.3 Å². The fraction of sp³-hybridized carbons (Fsp3) is 0.308. The number of hydrogen-bond acceptors (Lipinski definition) is 7. The first kappa shape index (κ1) is 42.7. The molecular weight excluding hydrogens is 724 g/mol. The van der Waals surface area contributed by atoms with Crippen molar-refractivity contribution in [2.24, 2.45) is 0 Å². The molecule has 0 aliphatic carbocycles. The molecule has 0 unspecified atom stereocenters. The number of hydrogen-bond donors (Lipinski definition) is 2. The smallest absolute Gasteiger partial charge is 0.417 e. The van der Waals surface area contributed by atoms with Gasteiger partial charge in [-0.15, -0.1) is 0 Å².